The lowest BCUT2D eigenvalue weighted by Crippen LogP contribution is -2.27. The number of carboxylic acid groups (broad SMARTS) is 1. The van der Waals surface area contributed by atoms with Gasteiger partial charge in [0.1, 0.15) is 0 Å². The number of hydrogen-bond acceptors (Lipinski definition) is 3. The first-order valence-electron chi connectivity index (χ1n) is 7.17. The normalized spacial score (nSPS) is 11.6. The molecule has 8 heteroatoms. The Morgan fingerprint density at radius 1 is 1.04 bits per heavy atom. The Morgan fingerprint density at radius 2 is 1.64 bits per heavy atom. The van der Waals surface area contributed by atoms with Crippen LogP contribution in [-0.2, 0) is 12.7 Å². The minimum absolute atomic E-state index is 0.0828. The van der Waals surface area contributed by atoms with Crippen molar-refractivity contribution in [2.45, 2.75) is 12.7 Å². The first-order chi connectivity index (χ1) is 11.8. The van der Waals surface area contributed by atoms with Gasteiger partial charge < -0.3 is 5.11 Å². The van der Waals surface area contributed by atoms with Crippen LogP contribution in [0.15, 0.2) is 53.3 Å². The molecule has 0 aliphatic carbocycles. The molecule has 1 N–H and O–H groups in total. The second-order valence-corrected chi connectivity index (χ2v) is 5.32. The van der Waals surface area contributed by atoms with Crippen LogP contribution in [0.3, 0.4) is 0 Å². The highest BCUT2D eigenvalue weighted by Crippen LogP contribution is 2.32. The number of carboxylic acids is 1. The van der Waals surface area contributed by atoms with E-state index < -0.39 is 29.8 Å². The summed E-state index contributed by atoms with van der Waals surface area (Å²) >= 11 is 0. The number of aromatic nitrogens is 2. The van der Waals surface area contributed by atoms with Crippen LogP contribution < -0.4 is 5.56 Å². The van der Waals surface area contributed by atoms with Crippen LogP contribution in [0.2, 0.25) is 0 Å². The van der Waals surface area contributed by atoms with Crippen molar-refractivity contribution in [3.8, 4) is 0 Å². The summed E-state index contributed by atoms with van der Waals surface area (Å²) in [6.07, 6.45) is -4.59. The largest absolute Gasteiger partial charge is 0.476 e. The van der Waals surface area contributed by atoms with Gasteiger partial charge in [-0.15, -0.1) is 0 Å². The third-order valence-corrected chi connectivity index (χ3v) is 3.71. The van der Waals surface area contributed by atoms with Gasteiger partial charge in [-0.1, -0.05) is 36.4 Å². The van der Waals surface area contributed by atoms with Crippen molar-refractivity contribution in [1.29, 1.82) is 0 Å². The highest BCUT2D eigenvalue weighted by molar-refractivity contribution is 6.01. The van der Waals surface area contributed by atoms with Gasteiger partial charge in [-0.2, -0.15) is 18.3 Å². The number of rotatable bonds is 3. The summed E-state index contributed by atoms with van der Waals surface area (Å²) in [5.74, 6) is -1.37. The summed E-state index contributed by atoms with van der Waals surface area (Å²) in [6, 6.07) is 10.7. The Kier molecular flexibility index (Phi) is 4.03. The van der Waals surface area contributed by atoms with Crippen molar-refractivity contribution in [3.05, 3.63) is 75.7 Å². The van der Waals surface area contributed by atoms with Crippen molar-refractivity contribution in [2.75, 3.05) is 0 Å². The summed E-state index contributed by atoms with van der Waals surface area (Å²) in [4.78, 5) is 23.9. The van der Waals surface area contributed by atoms with Gasteiger partial charge in [0, 0.05) is 5.39 Å². The van der Waals surface area contributed by atoms with E-state index in [9.17, 15) is 27.9 Å². The van der Waals surface area contributed by atoms with Crippen molar-refractivity contribution < 1.29 is 23.1 Å². The second kappa shape index (κ2) is 6.04. The van der Waals surface area contributed by atoms with Crippen LogP contribution in [0.5, 0.6) is 0 Å². The number of aromatic carboxylic acids is 1. The van der Waals surface area contributed by atoms with Gasteiger partial charge >= 0.3 is 12.1 Å². The van der Waals surface area contributed by atoms with Crippen molar-refractivity contribution in [3.63, 3.8) is 0 Å². The van der Waals surface area contributed by atoms with Crippen LogP contribution in [0.4, 0.5) is 13.2 Å². The Hall–Kier alpha value is -3.16. The number of fused-ring (bicyclic) bond motifs is 1. The quantitative estimate of drug-likeness (QED) is 0.789. The smallest absolute Gasteiger partial charge is 0.416 e. The maximum atomic E-state index is 13.1. The van der Waals surface area contributed by atoms with E-state index >= 15 is 0 Å². The summed E-state index contributed by atoms with van der Waals surface area (Å²) in [5, 5.41) is 13.3. The average molecular weight is 348 g/mol. The zero-order chi connectivity index (χ0) is 18.2. The summed E-state index contributed by atoms with van der Waals surface area (Å²) in [7, 11) is 0. The maximum absolute atomic E-state index is 13.1. The summed E-state index contributed by atoms with van der Waals surface area (Å²) in [6.45, 7) is -0.486. The molecule has 0 saturated heterocycles. The van der Waals surface area contributed by atoms with Gasteiger partial charge in [-0.3, -0.25) is 4.79 Å². The molecule has 0 amide bonds. The fourth-order valence-electron chi connectivity index (χ4n) is 2.60. The topological polar surface area (TPSA) is 72.2 Å². The number of halogens is 3. The van der Waals surface area contributed by atoms with E-state index in [-0.39, 0.29) is 22.0 Å². The molecule has 128 valence electrons. The molecule has 2 aromatic carbocycles. The van der Waals surface area contributed by atoms with Gasteiger partial charge in [-0.05, 0) is 17.7 Å². The van der Waals surface area contributed by atoms with Gasteiger partial charge in [0.05, 0.1) is 17.5 Å². The third-order valence-electron chi connectivity index (χ3n) is 3.71. The van der Waals surface area contributed by atoms with Crippen LogP contribution in [0, 0.1) is 0 Å². The zero-order valence-corrected chi connectivity index (χ0v) is 12.6. The second-order valence-electron chi connectivity index (χ2n) is 5.32. The molecule has 0 fully saturated rings. The van der Waals surface area contributed by atoms with Crippen LogP contribution >= 0.6 is 0 Å². The van der Waals surface area contributed by atoms with Crippen molar-refractivity contribution >= 4 is 16.7 Å². The molecule has 0 saturated carbocycles. The van der Waals surface area contributed by atoms with Crippen LogP contribution in [0.1, 0.15) is 21.6 Å². The average Bonchev–Trinajstić information content (AvgIpc) is 2.56. The number of alkyl halides is 3. The Labute approximate surface area is 138 Å². The lowest BCUT2D eigenvalue weighted by molar-refractivity contribution is -0.138. The molecule has 0 spiro atoms. The van der Waals surface area contributed by atoms with E-state index in [1.807, 2.05) is 0 Å². The Bertz CT molecular complexity index is 1030. The highest BCUT2D eigenvalue weighted by atomic mass is 19.4. The molecule has 5 nitrogen and oxygen atoms in total. The molecule has 3 aromatic rings. The van der Waals surface area contributed by atoms with E-state index in [2.05, 4.69) is 5.10 Å². The predicted molar refractivity (Wildman–Crippen MR) is 83.5 cm³/mol. The highest BCUT2D eigenvalue weighted by Gasteiger charge is 2.33. The summed E-state index contributed by atoms with van der Waals surface area (Å²) < 4.78 is 40.1. The minimum Gasteiger partial charge on any atom is -0.476 e. The molecule has 0 atom stereocenters. The standard InChI is InChI=1S/C17H11F3N2O3/c18-17(19,20)13-8-4-1-5-10(13)9-22-15(23)12-7-3-2-6-11(12)14(21-22)16(24)25/h1-8H,9H2,(H,24,25). The van der Waals surface area contributed by atoms with Gasteiger partial charge in [-0.25, -0.2) is 9.48 Å². The predicted octanol–water partition coefficient (Wildman–Crippen LogP) is 3.16. The summed E-state index contributed by atoms with van der Waals surface area (Å²) in [5.41, 5.74) is -2.11. The van der Waals surface area contributed by atoms with Crippen molar-refractivity contribution in [1.82, 2.24) is 9.78 Å². The minimum atomic E-state index is -4.59. The van der Waals surface area contributed by atoms with E-state index in [0.717, 1.165) is 10.7 Å². The first kappa shape index (κ1) is 16.7. The molecule has 3 rings (SSSR count). The Morgan fingerprint density at radius 3 is 2.28 bits per heavy atom. The zero-order valence-electron chi connectivity index (χ0n) is 12.6. The fourth-order valence-corrected chi connectivity index (χ4v) is 2.60. The van der Waals surface area contributed by atoms with Gasteiger partial charge in [0.15, 0.2) is 5.69 Å². The van der Waals surface area contributed by atoms with E-state index in [1.165, 1.54) is 30.3 Å². The van der Waals surface area contributed by atoms with Gasteiger partial charge in [0.25, 0.3) is 5.56 Å². The monoisotopic (exact) mass is 348 g/mol. The lowest BCUT2D eigenvalue weighted by Gasteiger charge is -2.14. The lowest BCUT2D eigenvalue weighted by atomic mass is 10.1. The van der Waals surface area contributed by atoms with Crippen LogP contribution in [0.25, 0.3) is 10.8 Å². The van der Waals surface area contributed by atoms with Gasteiger partial charge in [0.2, 0.25) is 0 Å². The molecule has 25 heavy (non-hydrogen) atoms. The molecule has 0 bridgehead atoms. The molecule has 0 aliphatic rings. The van der Waals surface area contributed by atoms with Crippen molar-refractivity contribution in [2.24, 2.45) is 0 Å². The third kappa shape index (κ3) is 3.10. The van der Waals surface area contributed by atoms with E-state index in [4.69, 9.17) is 0 Å². The molecule has 1 heterocycles. The van der Waals surface area contributed by atoms with Crippen LogP contribution in [-0.4, -0.2) is 20.9 Å². The molecular formula is C17H11F3N2O3. The molecule has 0 radical (unpaired) electrons. The van der Waals surface area contributed by atoms with E-state index in [1.54, 1.807) is 12.1 Å². The molecule has 1 aromatic heterocycles. The SMILES string of the molecule is O=C(O)c1nn(Cc2ccccc2C(F)(F)F)c(=O)c2ccccc12. The number of benzene rings is 2. The molecular weight excluding hydrogens is 337 g/mol. The number of nitrogens with zero attached hydrogens (tertiary/aromatic N) is 2. The van der Waals surface area contributed by atoms with E-state index in [0.29, 0.717) is 0 Å². The number of carbonyl (C=O) groups is 1. The molecule has 0 unspecified atom stereocenters. The fraction of sp³-hybridized carbons (Fsp3) is 0.118. The first-order valence-corrected chi connectivity index (χ1v) is 7.17. The maximum Gasteiger partial charge on any atom is 0.416 e. The Balaban J connectivity index is 2.20. The number of hydrogen-bond donors (Lipinski definition) is 1. The molecule has 0 aliphatic heterocycles.